The van der Waals surface area contributed by atoms with E-state index in [1.807, 2.05) is 17.4 Å². The maximum atomic E-state index is 4.44. The van der Waals surface area contributed by atoms with E-state index >= 15 is 0 Å². The molecule has 3 aromatic heterocycles. The minimum Gasteiger partial charge on any atom is -0.265 e. The van der Waals surface area contributed by atoms with Gasteiger partial charge in [0.05, 0.1) is 11.7 Å². The summed E-state index contributed by atoms with van der Waals surface area (Å²) in [6, 6.07) is 1.96. The van der Waals surface area contributed by atoms with Crippen molar-refractivity contribution >= 4 is 22.6 Å². The largest absolute Gasteiger partial charge is 0.265 e. The van der Waals surface area contributed by atoms with Gasteiger partial charge in [0.25, 0.3) is 0 Å². The lowest BCUT2D eigenvalue weighted by Crippen LogP contribution is -1.97. The van der Waals surface area contributed by atoms with Crippen LogP contribution in [0.4, 0.5) is 0 Å². The average Bonchev–Trinajstić information content (AvgIpc) is 2.77. The van der Waals surface area contributed by atoms with Crippen molar-refractivity contribution in [2.45, 2.75) is 6.92 Å². The Morgan fingerprint density at radius 3 is 3.12 bits per heavy atom. The Kier molecular flexibility index (Phi) is 1.73. The fourth-order valence-electron chi connectivity index (χ4n) is 1.73. The summed E-state index contributed by atoms with van der Waals surface area (Å²) in [6.07, 6.45) is 5.05. The molecule has 3 heterocycles. The van der Waals surface area contributed by atoms with E-state index < -0.39 is 0 Å². The summed E-state index contributed by atoms with van der Waals surface area (Å²) in [4.78, 5) is 8.66. The molecular formula is C11H9N5. The van der Waals surface area contributed by atoms with Crippen LogP contribution in [0.1, 0.15) is 11.5 Å². The summed E-state index contributed by atoms with van der Waals surface area (Å²) < 4.78 is 1.81. The van der Waals surface area contributed by atoms with Crippen LogP contribution in [0.25, 0.3) is 22.6 Å². The van der Waals surface area contributed by atoms with E-state index in [1.54, 1.807) is 18.6 Å². The van der Waals surface area contributed by atoms with Crippen molar-refractivity contribution in [1.82, 2.24) is 24.6 Å². The van der Waals surface area contributed by atoms with Crippen molar-refractivity contribution in [3.63, 3.8) is 0 Å². The van der Waals surface area contributed by atoms with Gasteiger partial charge in [0.2, 0.25) is 0 Å². The second kappa shape index (κ2) is 3.10. The maximum absolute atomic E-state index is 4.44. The molecule has 0 bridgehead atoms. The molecule has 0 radical (unpaired) electrons. The lowest BCUT2D eigenvalue weighted by Gasteiger charge is -2.03. The molecule has 78 valence electrons. The number of fused-ring (bicyclic) bond motifs is 3. The zero-order chi connectivity index (χ0) is 11.1. The number of pyridine rings is 1. The molecule has 5 nitrogen and oxygen atoms in total. The molecule has 0 spiro atoms. The molecule has 0 atom stereocenters. The zero-order valence-corrected chi connectivity index (χ0v) is 8.75. The molecule has 0 aliphatic carbocycles. The van der Waals surface area contributed by atoms with Crippen molar-refractivity contribution in [2.75, 3.05) is 0 Å². The van der Waals surface area contributed by atoms with Gasteiger partial charge in [0.1, 0.15) is 12.2 Å². The highest BCUT2D eigenvalue weighted by Crippen LogP contribution is 2.18. The summed E-state index contributed by atoms with van der Waals surface area (Å²) >= 11 is 0. The Labute approximate surface area is 91.5 Å². The standard InChI is InChI=1S/C11H9N5/c1-3-10-14-9-5-12-7(2)4-8(9)11-15-13-6-16(10)11/h3-6H,1H2,2H3. The molecule has 0 aromatic carbocycles. The van der Waals surface area contributed by atoms with Crippen LogP contribution in [0.2, 0.25) is 0 Å². The van der Waals surface area contributed by atoms with Crippen molar-refractivity contribution in [2.24, 2.45) is 0 Å². The molecule has 3 aromatic rings. The molecule has 0 N–H and O–H groups in total. The van der Waals surface area contributed by atoms with Crippen LogP contribution in [0.15, 0.2) is 25.2 Å². The van der Waals surface area contributed by atoms with Crippen LogP contribution in [0.3, 0.4) is 0 Å². The number of rotatable bonds is 1. The third-order valence-electron chi connectivity index (χ3n) is 2.47. The Balaban J connectivity index is 2.59. The van der Waals surface area contributed by atoms with Gasteiger partial charge in [0.15, 0.2) is 5.65 Å². The molecule has 0 saturated carbocycles. The topological polar surface area (TPSA) is 56.0 Å². The van der Waals surface area contributed by atoms with Crippen LogP contribution in [0, 0.1) is 6.92 Å². The molecule has 0 aliphatic heterocycles. The maximum Gasteiger partial charge on any atom is 0.171 e. The average molecular weight is 211 g/mol. The number of aryl methyl sites for hydroxylation is 1. The van der Waals surface area contributed by atoms with Crippen molar-refractivity contribution in [3.8, 4) is 0 Å². The van der Waals surface area contributed by atoms with Crippen molar-refractivity contribution in [3.05, 3.63) is 36.7 Å². The first-order valence-electron chi connectivity index (χ1n) is 4.88. The molecular weight excluding hydrogens is 202 g/mol. The highest BCUT2D eigenvalue weighted by atomic mass is 15.2. The smallest absolute Gasteiger partial charge is 0.171 e. The first-order valence-corrected chi connectivity index (χ1v) is 4.88. The van der Waals surface area contributed by atoms with Crippen molar-refractivity contribution < 1.29 is 0 Å². The lowest BCUT2D eigenvalue weighted by molar-refractivity contribution is 1.06. The van der Waals surface area contributed by atoms with Gasteiger partial charge in [-0.25, -0.2) is 4.98 Å². The van der Waals surface area contributed by atoms with Gasteiger partial charge >= 0.3 is 0 Å². The molecule has 0 saturated heterocycles. The third kappa shape index (κ3) is 1.11. The first-order chi connectivity index (χ1) is 7.79. The molecule has 16 heavy (non-hydrogen) atoms. The highest BCUT2D eigenvalue weighted by molar-refractivity contribution is 5.91. The Hall–Kier alpha value is -2.30. The highest BCUT2D eigenvalue weighted by Gasteiger charge is 2.08. The van der Waals surface area contributed by atoms with E-state index in [1.165, 1.54) is 0 Å². The number of aromatic nitrogens is 5. The van der Waals surface area contributed by atoms with Gasteiger partial charge in [0, 0.05) is 11.1 Å². The van der Waals surface area contributed by atoms with E-state index in [-0.39, 0.29) is 0 Å². The minimum atomic E-state index is 0.721. The first kappa shape index (κ1) is 8.96. The number of hydrogen-bond acceptors (Lipinski definition) is 4. The van der Waals surface area contributed by atoms with Gasteiger partial charge < -0.3 is 0 Å². The van der Waals surface area contributed by atoms with E-state index in [2.05, 4.69) is 26.7 Å². The number of hydrogen-bond donors (Lipinski definition) is 0. The lowest BCUT2D eigenvalue weighted by atomic mass is 10.2. The number of nitrogens with zero attached hydrogens (tertiary/aromatic N) is 5. The Morgan fingerprint density at radius 1 is 1.44 bits per heavy atom. The summed E-state index contributed by atoms with van der Waals surface area (Å²) in [5.41, 5.74) is 2.52. The van der Waals surface area contributed by atoms with Crippen LogP contribution in [-0.2, 0) is 0 Å². The normalized spacial score (nSPS) is 11.1. The van der Waals surface area contributed by atoms with Crippen LogP contribution < -0.4 is 0 Å². The molecule has 0 fully saturated rings. The fraction of sp³-hybridized carbons (Fsp3) is 0.0909. The van der Waals surface area contributed by atoms with E-state index in [0.717, 1.165) is 28.1 Å². The fourth-order valence-corrected chi connectivity index (χ4v) is 1.73. The van der Waals surface area contributed by atoms with Crippen LogP contribution >= 0.6 is 0 Å². The summed E-state index contributed by atoms with van der Waals surface area (Å²) in [7, 11) is 0. The Morgan fingerprint density at radius 2 is 2.31 bits per heavy atom. The quantitative estimate of drug-likeness (QED) is 0.613. The summed E-state index contributed by atoms with van der Waals surface area (Å²) in [5.74, 6) is 0.721. The second-order valence-electron chi connectivity index (χ2n) is 3.54. The molecule has 0 unspecified atom stereocenters. The van der Waals surface area contributed by atoms with Gasteiger partial charge in [-0.1, -0.05) is 6.58 Å². The predicted molar refractivity (Wildman–Crippen MR) is 60.9 cm³/mol. The molecule has 0 aliphatic rings. The summed E-state index contributed by atoms with van der Waals surface area (Å²) in [5, 5.41) is 8.94. The van der Waals surface area contributed by atoms with Gasteiger partial charge in [-0.05, 0) is 19.1 Å². The zero-order valence-electron chi connectivity index (χ0n) is 8.75. The SMILES string of the molecule is C=Cc1nc2cnc(C)cc2c2nncn12. The van der Waals surface area contributed by atoms with Gasteiger partial charge in [-0.2, -0.15) is 0 Å². The molecule has 0 amide bonds. The molecule has 5 heteroatoms. The van der Waals surface area contributed by atoms with Gasteiger partial charge in [-0.3, -0.25) is 9.38 Å². The predicted octanol–water partition coefficient (Wildman–Crippen LogP) is 1.62. The summed E-state index contributed by atoms with van der Waals surface area (Å²) in [6.45, 7) is 5.66. The van der Waals surface area contributed by atoms with Crippen LogP contribution in [0.5, 0.6) is 0 Å². The van der Waals surface area contributed by atoms with E-state index in [0.29, 0.717) is 0 Å². The Bertz CT molecular complexity index is 698. The third-order valence-corrected chi connectivity index (χ3v) is 2.47. The van der Waals surface area contributed by atoms with Gasteiger partial charge in [-0.15, -0.1) is 10.2 Å². The van der Waals surface area contributed by atoms with E-state index in [4.69, 9.17) is 0 Å². The molecule has 3 rings (SSSR count). The van der Waals surface area contributed by atoms with E-state index in [9.17, 15) is 0 Å². The minimum absolute atomic E-state index is 0.721. The van der Waals surface area contributed by atoms with Crippen LogP contribution in [-0.4, -0.2) is 24.6 Å². The second-order valence-corrected chi connectivity index (χ2v) is 3.54. The monoisotopic (exact) mass is 211 g/mol. The van der Waals surface area contributed by atoms with Crippen molar-refractivity contribution in [1.29, 1.82) is 0 Å².